The third kappa shape index (κ3) is 2.59. The molecule has 0 bridgehead atoms. The zero-order valence-corrected chi connectivity index (χ0v) is 12.0. The summed E-state index contributed by atoms with van der Waals surface area (Å²) in [6, 6.07) is 0. The summed E-state index contributed by atoms with van der Waals surface area (Å²) in [4.78, 5) is 0. The molecule has 1 N–H and O–H groups in total. The van der Waals surface area contributed by atoms with Gasteiger partial charge in [0.2, 0.25) is 0 Å². The molecule has 2 heterocycles. The van der Waals surface area contributed by atoms with Crippen LogP contribution in [0.25, 0.3) is 0 Å². The molecule has 0 spiro atoms. The van der Waals surface area contributed by atoms with Crippen LogP contribution < -0.4 is 5.32 Å². The van der Waals surface area contributed by atoms with E-state index in [-0.39, 0.29) is 5.25 Å². The number of rotatable bonds is 4. The predicted octanol–water partition coefficient (Wildman–Crippen LogP) is 0.704. The Morgan fingerprint density at radius 1 is 1.44 bits per heavy atom. The lowest BCUT2D eigenvalue weighted by Crippen LogP contribution is -2.30. The molecule has 1 unspecified atom stereocenters. The smallest absolute Gasteiger partial charge is 0.154 e. The van der Waals surface area contributed by atoms with Gasteiger partial charge in [0.05, 0.1) is 16.7 Å². The maximum absolute atomic E-state index is 11.7. The summed E-state index contributed by atoms with van der Waals surface area (Å²) < 4.78 is 25.2. The van der Waals surface area contributed by atoms with E-state index in [0.717, 1.165) is 24.2 Å². The SMILES string of the molecule is Cc1nn(C)c(C)c1CNCC1CCCS1(=O)=O. The second-order valence-electron chi connectivity index (χ2n) is 5.04. The second-order valence-corrected chi connectivity index (χ2v) is 7.44. The number of aryl methyl sites for hydroxylation is 2. The van der Waals surface area contributed by atoms with Crippen LogP contribution in [0.4, 0.5) is 0 Å². The Balaban J connectivity index is 1.93. The summed E-state index contributed by atoms with van der Waals surface area (Å²) in [5.41, 5.74) is 3.32. The Hall–Kier alpha value is -0.880. The van der Waals surface area contributed by atoms with E-state index in [1.807, 2.05) is 25.6 Å². The zero-order chi connectivity index (χ0) is 13.3. The first-order valence-corrected chi connectivity index (χ1v) is 8.04. The number of hydrogen-bond acceptors (Lipinski definition) is 4. The van der Waals surface area contributed by atoms with Gasteiger partial charge < -0.3 is 5.32 Å². The van der Waals surface area contributed by atoms with Gasteiger partial charge in [-0.1, -0.05) is 0 Å². The lowest BCUT2D eigenvalue weighted by molar-refractivity contribution is 0.573. The van der Waals surface area contributed by atoms with E-state index in [0.29, 0.717) is 18.8 Å². The molecular formula is C12H21N3O2S. The first-order valence-electron chi connectivity index (χ1n) is 6.33. The molecule has 1 aliphatic heterocycles. The predicted molar refractivity (Wildman–Crippen MR) is 71.2 cm³/mol. The third-order valence-electron chi connectivity index (χ3n) is 3.80. The average molecular weight is 271 g/mol. The fraction of sp³-hybridized carbons (Fsp3) is 0.750. The fourth-order valence-electron chi connectivity index (χ4n) is 2.52. The first-order chi connectivity index (χ1) is 8.42. The normalized spacial score (nSPS) is 22.5. The summed E-state index contributed by atoms with van der Waals surface area (Å²) in [6.07, 6.45) is 1.60. The van der Waals surface area contributed by atoms with E-state index in [4.69, 9.17) is 0 Å². The lowest BCUT2D eigenvalue weighted by Gasteiger charge is -2.10. The van der Waals surface area contributed by atoms with Gasteiger partial charge in [-0.15, -0.1) is 0 Å². The van der Waals surface area contributed by atoms with Crippen molar-refractivity contribution >= 4 is 9.84 Å². The molecule has 6 heteroatoms. The quantitative estimate of drug-likeness (QED) is 0.876. The van der Waals surface area contributed by atoms with Gasteiger partial charge in [0, 0.05) is 31.4 Å². The van der Waals surface area contributed by atoms with Crippen molar-refractivity contribution in [3.8, 4) is 0 Å². The molecule has 0 aromatic carbocycles. The summed E-state index contributed by atoms with van der Waals surface area (Å²) in [7, 11) is -0.916. The molecule has 0 radical (unpaired) electrons. The highest BCUT2D eigenvalue weighted by Gasteiger charge is 2.30. The highest BCUT2D eigenvalue weighted by Crippen LogP contribution is 2.19. The van der Waals surface area contributed by atoms with Crippen LogP contribution >= 0.6 is 0 Å². The van der Waals surface area contributed by atoms with Crippen molar-refractivity contribution in [2.24, 2.45) is 7.05 Å². The number of sulfone groups is 1. The summed E-state index contributed by atoms with van der Waals surface area (Å²) in [6.45, 7) is 5.26. The molecule has 1 saturated heterocycles. The van der Waals surface area contributed by atoms with E-state index in [9.17, 15) is 8.42 Å². The standard InChI is InChI=1S/C12H21N3O2S/c1-9-12(10(2)15(3)14-9)8-13-7-11-5-4-6-18(11,16)17/h11,13H,4-8H2,1-3H3. The Bertz CT molecular complexity index is 534. The lowest BCUT2D eigenvalue weighted by atomic mass is 10.2. The molecule has 0 amide bonds. The summed E-state index contributed by atoms with van der Waals surface area (Å²) >= 11 is 0. The topological polar surface area (TPSA) is 64.0 Å². The van der Waals surface area contributed by atoms with E-state index in [1.165, 1.54) is 5.56 Å². The third-order valence-corrected chi connectivity index (χ3v) is 6.07. The maximum atomic E-state index is 11.7. The molecule has 0 aliphatic carbocycles. The zero-order valence-electron chi connectivity index (χ0n) is 11.2. The fourth-order valence-corrected chi connectivity index (χ4v) is 4.32. The van der Waals surface area contributed by atoms with Crippen molar-refractivity contribution in [2.45, 2.75) is 38.5 Å². The van der Waals surface area contributed by atoms with Gasteiger partial charge in [-0.3, -0.25) is 4.68 Å². The van der Waals surface area contributed by atoms with Crippen molar-refractivity contribution in [2.75, 3.05) is 12.3 Å². The molecular weight excluding hydrogens is 250 g/mol. The van der Waals surface area contributed by atoms with Crippen molar-refractivity contribution in [1.82, 2.24) is 15.1 Å². The van der Waals surface area contributed by atoms with Gasteiger partial charge in [0.1, 0.15) is 0 Å². The van der Waals surface area contributed by atoms with E-state index in [2.05, 4.69) is 10.4 Å². The molecule has 1 fully saturated rings. The summed E-state index contributed by atoms with van der Waals surface area (Å²) in [5, 5.41) is 7.41. The van der Waals surface area contributed by atoms with Gasteiger partial charge >= 0.3 is 0 Å². The Morgan fingerprint density at radius 2 is 2.17 bits per heavy atom. The first kappa shape index (κ1) is 13.5. The second kappa shape index (κ2) is 5.01. The minimum Gasteiger partial charge on any atom is -0.311 e. The number of nitrogens with one attached hydrogen (secondary N) is 1. The molecule has 0 saturated carbocycles. The van der Waals surface area contributed by atoms with Crippen LogP contribution in [0.5, 0.6) is 0 Å². The van der Waals surface area contributed by atoms with Crippen molar-refractivity contribution in [3.05, 3.63) is 17.0 Å². The largest absolute Gasteiger partial charge is 0.311 e. The van der Waals surface area contributed by atoms with Crippen LogP contribution in [0.3, 0.4) is 0 Å². The Labute approximate surface area is 108 Å². The molecule has 1 aliphatic rings. The molecule has 2 rings (SSSR count). The number of hydrogen-bond donors (Lipinski definition) is 1. The molecule has 1 aromatic heterocycles. The monoisotopic (exact) mass is 271 g/mol. The highest BCUT2D eigenvalue weighted by molar-refractivity contribution is 7.92. The van der Waals surface area contributed by atoms with Gasteiger partial charge in [0.15, 0.2) is 9.84 Å². The maximum Gasteiger partial charge on any atom is 0.154 e. The molecule has 5 nitrogen and oxygen atoms in total. The molecule has 1 aromatic rings. The minimum absolute atomic E-state index is 0.199. The van der Waals surface area contributed by atoms with Crippen molar-refractivity contribution < 1.29 is 8.42 Å². The Morgan fingerprint density at radius 3 is 2.67 bits per heavy atom. The van der Waals surface area contributed by atoms with Crippen LogP contribution in [0.2, 0.25) is 0 Å². The summed E-state index contributed by atoms with van der Waals surface area (Å²) in [5.74, 6) is 0.351. The molecule has 18 heavy (non-hydrogen) atoms. The average Bonchev–Trinajstić information content (AvgIpc) is 2.73. The Kier molecular flexibility index (Phi) is 3.77. The van der Waals surface area contributed by atoms with Gasteiger partial charge in [-0.05, 0) is 26.7 Å². The highest BCUT2D eigenvalue weighted by atomic mass is 32.2. The van der Waals surface area contributed by atoms with Crippen LogP contribution in [0.15, 0.2) is 0 Å². The molecule has 1 atom stereocenters. The molecule has 102 valence electrons. The van der Waals surface area contributed by atoms with Gasteiger partial charge in [-0.25, -0.2) is 8.42 Å². The van der Waals surface area contributed by atoms with E-state index < -0.39 is 9.84 Å². The van der Waals surface area contributed by atoms with Crippen molar-refractivity contribution in [3.63, 3.8) is 0 Å². The van der Waals surface area contributed by atoms with Crippen LogP contribution in [0.1, 0.15) is 29.8 Å². The van der Waals surface area contributed by atoms with E-state index >= 15 is 0 Å². The van der Waals surface area contributed by atoms with Crippen molar-refractivity contribution in [1.29, 1.82) is 0 Å². The van der Waals surface area contributed by atoms with Crippen LogP contribution in [-0.2, 0) is 23.4 Å². The minimum atomic E-state index is -2.84. The van der Waals surface area contributed by atoms with Crippen LogP contribution in [0, 0.1) is 13.8 Å². The van der Waals surface area contributed by atoms with Gasteiger partial charge in [-0.2, -0.15) is 5.10 Å². The van der Waals surface area contributed by atoms with Gasteiger partial charge in [0.25, 0.3) is 0 Å². The number of nitrogens with zero attached hydrogens (tertiary/aromatic N) is 2. The van der Waals surface area contributed by atoms with Crippen LogP contribution in [-0.4, -0.2) is 35.7 Å². The number of aromatic nitrogens is 2. The van der Waals surface area contributed by atoms with E-state index in [1.54, 1.807) is 0 Å².